The lowest BCUT2D eigenvalue weighted by atomic mass is 9.80. The molecule has 25 heavy (non-hydrogen) atoms. The zero-order chi connectivity index (χ0) is 17.1. The van der Waals surface area contributed by atoms with Crippen LogP contribution in [0.25, 0.3) is 0 Å². The van der Waals surface area contributed by atoms with Gasteiger partial charge in [-0.1, -0.05) is 11.2 Å². The summed E-state index contributed by atoms with van der Waals surface area (Å²) in [5.74, 6) is 0.607. The normalized spacial score (nSPS) is 25.2. The highest BCUT2D eigenvalue weighted by atomic mass is 16.5. The molecule has 1 spiro atoms. The lowest BCUT2D eigenvalue weighted by molar-refractivity contribution is 0.0105. The van der Waals surface area contributed by atoms with E-state index < -0.39 is 0 Å². The van der Waals surface area contributed by atoms with Crippen LogP contribution in [0.3, 0.4) is 0 Å². The maximum absolute atomic E-state index is 5.97. The van der Waals surface area contributed by atoms with Gasteiger partial charge in [0.15, 0.2) is 0 Å². The first-order valence-corrected chi connectivity index (χ1v) is 8.97. The van der Waals surface area contributed by atoms with Gasteiger partial charge in [0.05, 0.1) is 13.2 Å². The number of pyridine rings is 1. The summed E-state index contributed by atoms with van der Waals surface area (Å²) in [5.41, 5.74) is 1.37. The quantitative estimate of drug-likeness (QED) is 0.843. The number of likely N-dealkylation sites (tertiary alicyclic amines) is 1. The molecule has 0 amide bonds. The summed E-state index contributed by atoms with van der Waals surface area (Å²) in [6.07, 6.45) is 6.13. The van der Waals surface area contributed by atoms with Gasteiger partial charge in [-0.15, -0.1) is 5.10 Å². The molecular formula is C18H25N5O2. The second kappa shape index (κ2) is 7.09. The molecule has 0 saturated carbocycles. The Bertz CT molecular complexity index is 692. The molecule has 4 heterocycles. The number of hydrogen-bond donors (Lipinski definition) is 0. The van der Waals surface area contributed by atoms with Crippen LogP contribution in [0.1, 0.15) is 24.3 Å². The van der Waals surface area contributed by atoms with E-state index in [1.54, 1.807) is 0 Å². The van der Waals surface area contributed by atoms with E-state index in [-0.39, 0.29) is 5.41 Å². The summed E-state index contributed by atoms with van der Waals surface area (Å²) in [6.45, 7) is 8.10. The number of anilines is 1. The van der Waals surface area contributed by atoms with Crippen molar-refractivity contribution >= 4 is 6.01 Å². The van der Waals surface area contributed by atoms with Crippen molar-refractivity contribution in [2.75, 3.05) is 44.3 Å². The van der Waals surface area contributed by atoms with Gasteiger partial charge in [0, 0.05) is 50.9 Å². The molecule has 1 atom stereocenters. The Morgan fingerprint density at radius 3 is 3.00 bits per heavy atom. The third-order valence-electron chi connectivity index (χ3n) is 5.10. The number of piperidine rings is 1. The molecule has 2 aliphatic rings. The molecule has 0 aromatic carbocycles. The van der Waals surface area contributed by atoms with E-state index in [2.05, 4.69) is 31.0 Å². The zero-order valence-corrected chi connectivity index (χ0v) is 14.7. The van der Waals surface area contributed by atoms with Crippen LogP contribution in [0.4, 0.5) is 6.01 Å². The van der Waals surface area contributed by atoms with E-state index in [1.165, 1.54) is 18.4 Å². The van der Waals surface area contributed by atoms with Crippen molar-refractivity contribution < 1.29 is 9.15 Å². The van der Waals surface area contributed by atoms with Gasteiger partial charge in [-0.25, -0.2) is 0 Å². The standard InChI is InChI=1S/C18H25N5O2/c1-15-20-21-17(25-15)23-8-9-24-14-18(13-23)5-3-7-22(12-18)11-16-4-2-6-19-10-16/h2,4,6,10H,3,5,7-9,11-14H2,1H3. The minimum Gasteiger partial charge on any atom is -0.408 e. The average molecular weight is 343 g/mol. The van der Waals surface area contributed by atoms with Crippen molar-refractivity contribution in [2.24, 2.45) is 5.41 Å². The molecule has 4 rings (SSSR count). The van der Waals surface area contributed by atoms with Gasteiger partial charge in [0.2, 0.25) is 5.89 Å². The summed E-state index contributed by atoms with van der Waals surface area (Å²) in [7, 11) is 0. The predicted molar refractivity (Wildman–Crippen MR) is 93.2 cm³/mol. The fourth-order valence-corrected chi connectivity index (χ4v) is 4.01. The predicted octanol–water partition coefficient (Wildman–Crippen LogP) is 1.89. The number of hydrogen-bond acceptors (Lipinski definition) is 7. The van der Waals surface area contributed by atoms with Crippen molar-refractivity contribution in [3.8, 4) is 0 Å². The Labute approximate surface area is 148 Å². The largest absolute Gasteiger partial charge is 0.408 e. The van der Waals surface area contributed by atoms with E-state index >= 15 is 0 Å². The number of aryl methyl sites for hydroxylation is 1. The van der Waals surface area contributed by atoms with E-state index in [0.717, 1.165) is 39.3 Å². The van der Waals surface area contributed by atoms with E-state index in [1.807, 2.05) is 25.4 Å². The highest BCUT2D eigenvalue weighted by Gasteiger charge is 2.40. The fourth-order valence-electron chi connectivity index (χ4n) is 4.01. The Morgan fingerprint density at radius 2 is 2.20 bits per heavy atom. The fraction of sp³-hybridized carbons (Fsp3) is 0.611. The molecule has 0 aliphatic carbocycles. The summed E-state index contributed by atoms with van der Waals surface area (Å²) in [6, 6.07) is 4.77. The summed E-state index contributed by atoms with van der Waals surface area (Å²) in [5, 5.41) is 8.19. The van der Waals surface area contributed by atoms with Gasteiger partial charge < -0.3 is 14.1 Å². The van der Waals surface area contributed by atoms with Gasteiger partial charge in [-0.05, 0) is 31.0 Å². The number of rotatable bonds is 3. The molecule has 1 unspecified atom stereocenters. The molecular weight excluding hydrogens is 318 g/mol. The summed E-state index contributed by atoms with van der Waals surface area (Å²) < 4.78 is 11.6. The molecule has 2 aliphatic heterocycles. The van der Waals surface area contributed by atoms with E-state index in [4.69, 9.17) is 9.15 Å². The van der Waals surface area contributed by atoms with Gasteiger partial charge in [0.25, 0.3) is 0 Å². The van der Waals surface area contributed by atoms with Crippen molar-refractivity contribution in [3.63, 3.8) is 0 Å². The SMILES string of the molecule is Cc1nnc(N2CCOCC3(CCCN(Cc4cccnc4)C3)C2)o1. The van der Waals surface area contributed by atoms with Crippen molar-refractivity contribution in [3.05, 3.63) is 36.0 Å². The molecule has 7 heteroatoms. The lowest BCUT2D eigenvalue weighted by Crippen LogP contribution is -2.50. The van der Waals surface area contributed by atoms with Gasteiger partial charge in [-0.3, -0.25) is 9.88 Å². The third kappa shape index (κ3) is 3.82. The highest BCUT2D eigenvalue weighted by molar-refractivity contribution is 5.26. The Kier molecular flexibility index (Phi) is 4.67. The van der Waals surface area contributed by atoms with E-state index in [9.17, 15) is 0 Å². The van der Waals surface area contributed by atoms with Gasteiger partial charge in [0.1, 0.15) is 0 Å². The van der Waals surface area contributed by atoms with Gasteiger partial charge >= 0.3 is 6.01 Å². The highest BCUT2D eigenvalue weighted by Crippen LogP contribution is 2.34. The van der Waals surface area contributed by atoms with Crippen LogP contribution in [0.2, 0.25) is 0 Å². The second-order valence-corrected chi connectivity index (χ2v) is 7.25. The topological polar surface area (TPSA) is 67.5 Å². The van der Waals surface area contributed by atoms with Crippen LogP contribution in [0.15, 0.2) is 28.9 Å². The zero-order valence-electron chi connectivity index (χ0n) is 14.7. The first kappa shape index (κ1) is 16.5. The molecule has 0 bridgehead atoms. The lowest BCUT2D eigenvalue weighted by Gasteiger charge is -2.43. The maximum Gasteiger partial charge on any atom is 0.318 e. The van der Waals surface area contributed by atoms with Crippen molar-refractivity contribution in [1.82, 2.24) is 20.1 Å². The van der Waals surface area contributed by atoms with E-state index in [0.29, 0.717) is 18.5 Å². The smallest absolute Gasteiger partial charge is 0.318 e. The minimum absolute atomic E-state index is 0.110. The number of ether oxygens (including phenoxy) is 1. The molecule has 134 valence electrons. The van der Waals surface area contributed by atoms with Crippen LogP contribution >= 0.6 is 0 Å². The maximum atomic E-state index is 5.97. The van der Waals surface area contributed by atoms with Crippen LogP contribution in [0, 0.1) is 12.3 Å². The van der Waals surface area contributed by atoms with Crippen molar-refractivity contribution in [2.45, 2.75) is 26.3 Å². The minimum atomic E-state index is 0.110. The van der Waals surface area contributed by atoms with Crippen LogP contribution < -0.4 is 4.90 Å². The molecule has 2 aromatic heterocycles. The van der Waals surface area contributed by atoms with Crippen molar-refractivity contribution in [1.29, 1.82) is 0 Å². The second-order valence-electron chi connectivity index (χ2n) is 7.25. The summed E-state index contributed by atoms with van der Waals surface area (Å²) >= 11 is 0. The molecule has 2 fully saturated rings. The average Bonchev–Trinajstić information content (AvgIpc) is 2.95. The first-order valence-electron chi connectivity index (χ1n) is 8.97. The Hall–Kier alpha value is -1.99. The summed E-state index contributed by atoms with van der Waals surface area (Å²) in [4.78, 5) is 8.95. The number of aromatic nitrogens is 3. The molecule has 2 saturated heterocycles. The molecule has 7 nitrogen and oxygen atoms in total. The third-order valence-corrected chi connectivity index (χ3v) is 5.10. The van der Waals surface area contributed by atoms with Crippen LogP contribution in [0.5, 0.6) is 0 Å². The molecule has 2 aromatic rings. The Balaban J connectivity index is 1.48. The Morgan fingerprint density at radius 1 is 1.24 bits per heavy atom. The van der Waals surface area contributed by atoms with Crippen LogP contribution in [-0.4, -0.2) is 59.5 Å². The molecule has 0 radical (unpaired) electrons. The molecule has 0 N–H and O–H groups in total. The van der Waals surface area contributed by atoms with Gasteiger partial charge in [-0.2, -0.15) is 0 Å². The first-order chi connectivity index (χ1) is 12.2. The van der Waals surface area contributed by atoms with Crippen LogP contribution in [-0.2, 0) is 11.3 Å². The monoisotopic (exact) mass is 343 g/mol. The number of nitrogens with zero attached hydrogens (tertiary/aromatic N) is 5.